The molecule has 7 heteroatoms. The van der Waals surface area contributed by atoms with Gasteiger partial charge in [-0.1, -0.05) is 18.7 Å². The molecule has 1 aromatic heterocycles. The third-order valence-electron chi connectivity index (χ3n) is 4.94. The number of aromatic hydroxyl groups is 1. The van der Waals surface area contributed by atoms with Gasteiger partial charge >= 0.3 is 0 Å². The van der Waals surface area contributed by atoms with Crippen molar-refractivity contribution in [1.29, 1.82) is 0 Å². The van der Waals surface area contributed by atoms with Crippen LogP contribution in [0.15, 0.2) is 36.9 Å². The maximum atomic E-state index is 9.95. The first kappa shape index (κ1) is 22.1. The molecule has 0 radical (unpaired) electrons. The molecule has 0 saturated carbocycles. The SMILES string of the molecule is C=CC(=O)NC.Cc1c(C2CCOCC2)[nH]c(N)c1/C=C(\N)c1ccccc1O. The molecule has 1 saturated heterocycles. The van der Waals surface area contributed by atoms with Crippen molar-refractivity contribution >= 4 is 23.5 Å². The number of carbonyl (C=O) groups excluding carboxylic acids is 1. The van der Waals surface area contributed by atoms with Crippen LogP contribution in [0.4, 0.5) is 5.82 Å². The standard InChI is InChI=1S/C18H23N3O2.C4H7NO/c1-11-14(10-15(19)13-4-2-3-5-16(13)22)18(20)21-17(11)12-6-8-23-9-7-12;1-3-4(6)5-2/h2-5,10,12,21-22H,6-9,19-20H2,1H3;3H,1H2,2H3,(H,5,6)/b15-10-;. The number of nitrogen functional groups attached to an aromatic ring is 1. The van der Waals surface area contributed by atoms with Gasteiger partial charge < -0.3 is 31.6 Å². The Kier molecular flexibility index (Phi) is 7.91. The molecule has 3 rings (SSSR count). The summed E-state index contributed by atoms with van der Waals surface area (Å²) in [5.74, 6) is 1.08. The second kappa shape index (κ2) is 10.4. The summed E-state index contributed by atoms with van der Waals surface area (Å²) >= 11 is 0. The second-order valence-electron chi connectivity index (χ2n) is 6.81. The second-order valence-corrected chi connectivity index (χ2v) is 6.81. The van der Waals surface area contributed by atoms with E-state index >= 15 is 0 Å². The predicted octanol–water partition coefficient (Wildman–Crippen LogP) is 2.88. The van der Waals surface area contributed by atoms with Gasteiger partial charge in [-0.2, -0.15) is 0 Å². The number of phenolic OH excluding ortho intramolecular Hbond substituents is 1. The summed E-state index contributed by atoms with van der Waals surface area (Å²) in [6.45, 7) is 6.85. The number of likely N-dealkylation sites (N-methyl/N-ethyl adjacent to an activating group) is 1. The van der Waals surface area contributed by atoms with Crippen LogP contribution in [-0.4, -0.2) is 36.3 Å². The number of phenols is 1. The normalized spacial score (nSPS) is 14.6. The molecule has 156 valence electrons. The molecule has 0 spiro atoms. The number of H-pyrrole nitrogens is 1. The highest BCUT2D eigenvalue weighted by atomic mass is 16.5. The Morgan fingerprint density at radius 3 is 2.55 bits per heavy atom. The number of nitrogens with one attached hydrogen (secondary N) is 2. The zero-order valence-corrected chi connectivity index (χ0v) is 17.0. The lowest BCUT2D eigenvalue weighted by molar-refractivity contribution is -0.116. The van der Waals surface area contributed by atoms with Crippen molar-refractivity contribution in [3.8, 4) is 5.75 Å². The van der Waals surface area contributed by atoms with Gasteiger partial charge in [0.25, 0.3) is 0 Å². The average molecular weight is 399 g/mol. The summed E-state index contributed by atoms with van der Waals surface area (Å²) in [5.41, 5.74) is 16.6. The number of aromatic nitrogens is 1. The monoisotopic (exact) mass is 398 g/mol. The van der Waals surface area contributed by atoms with Crippen LogP contribution in [0.1, 0.15) is 41.1 Å². The Bertz CT molecular complexity index is 880. The van der Waals surface area contributed by atoms with E-state index in [-0.39, 0.29) is 11.7 Å². The van der Waals surface area contributed by atoms with Crippen molar-refractivity contribution in [1.82, 2.24) is 10.3 Å². The minimum atomic E-state index is -0.144. The van der Waals surface area contributed by atoms with Gasteiger partial charge in [-0.3, -0.25) is 4.79 Å². The van der Waals surface area contributed by atoms with Crippen molar-refractivity contribution in [3.05, 3.63) is 59.3 Å². The van der Waals surface area contributed by atoms with Crippen LogP contribution in [-0.2, 0) is 9.53 Å². The lowest BCUT2D eigenvalue weighted by Crippen LogP contribution is -2.15. The molecule has 0 atom stereocenters. The number of hydrogen-bond acceptors (Lipinski definition) is 5. The van der Waals surface area contributed by atoms with Crippen LogP contribution in [0, 0.1) is 6.92 Å². The first-order valence-corrected chi connectivity index (χ1v) is 9.54. The highest BCUT2D eigenvalue weighted by Gasteiger charge is 2.22. The molecule has 1 amide bonds. The molecule has 7 N–H and O–H groups in total. The summed E-state index contributed by atoms with van der Waals surface area (Å²) in [7, 11) is 1.56. The molecule has 0 unspecified atom stereocenters. The topological polar surface area (TPSA) is 126 Å². The average Bonchev–Trinajstić information content (AvgIpc) is 3.02. The number of para-hydroxylation sites is 1. The predicted molar refractivity (Wildman–Crippen MR) is 117 cm³/mol. The number of anilines is 1. The summed E-state index contributed by atoms with van der Waals surface area (Å²) in [6, 6.07) is 7.03. The van der Waals surface area contributed by atoms with E-state index in [1.807, 2.05) is 12.1 Å². The van der Waals surface area contributed by atoms with E-state index in [1.54, 1.807) is 25.2 Å². The zero-order valence-electron chi connectivity index (χ0n) is 17.0. The van der Waals surface area contributed by atoms with E-state index in [0.717, 1.165) is 37.2 Å². The summed E-state index contributed by atoms with van der Waals surface area (Å²) < 4.78 is 5.43. The van der Waals surface area contributed by atoms with Crippen LogP contribution < -0.4 is 16.8 Å². The van der Waals surface area contributed by atoms with Gasteiger partial charge in [0, 0.05) is 48.7 Å². The van der Waals surface area contributed by atoms with Gasteiger partial charge in [0.15, 0.2) is 0 Å². The summed E-state index contributed by atoms with van der Waals surface area (Å²) in [6.07, 6.45) is 5.05. The number of ether oxygens (including phenoxy) is 1. The molecule has 0 aliphatic carbocycles. The van der Waals surface area contributed by atoms with E-state index in [0.29, 0.717) is 23.0 Å². The number of carbonyl (C=O) groups is 1. The fourth-order valence-corrected chi connectivity index (χ4v) is 3.29. The lowest BCUT2D eigenvalue weighted by atomic mass is 9.93. The van der Waals surface area contributed by atoms with Gasteiger partial charge in [0.2, 0.25) is 5.91 Å². The van der Waals surface area contributed by atoms with Crippen molar-refractivity contribution in [2.24, 2.45) is 5.73 Å². The Hall–Kier alpha value is -3.19. The van der Waals surface area contributed by atoms with Crippen LogP contribution in [0.2, 0.25) is 0 Å². The van der Waals surface area contributed by atoms with Crippen LogP contribution >= 0.6 is 0 Å². The number of rotatable bonds is 4. The maximum Gasteiger partial charge on any atom is 0.243 e. The number of nitrogens with two attached hydrogens (primary N) is 2. The minimum absolute atomic E-state index is 0.144. The minimum Gasteiger partial charge on any atom is -0.507 e. The Balaban J connectivity index is 0.000000438. The highest BCUT2D eigenvalue weighted by molar-refractivity contribution is 5.86. The molecule has 2 aromatic rings. The van der Waals surface area contributed by atoms with Crippen molar-refractivity contribution in [2.45, 2.75) is 25.7 Å². The van der Waals surface area contributed by atoms with Gasteiger partial charge in [0.05, 0.1) is 0 Å². The maximum absolute atomic E-state index is 9.95. The van der Waals surface area contributed by atoms with Crippen molar-refractivity contribution < 1.29 is 14.6 Å². The molecule has 1 fully saturated rings. The molecule has 7 nitrogen and oxygen atoms in total. The van der Waals surface area contributed by atoms with E-state index in [1.165, 1.54) is 11.8 Å². The number of amides is 1. The number of benzene rings is 1. The van der Waals surface area contributed by atoms with Gasteiger partial charge in [0.1, 0.15) is 11.6 Å². The largest absolute Gasteiger partial charge is 0.507 e. The van der Waals surface area contributed by atoms with Gasteiger partial charge in [-0.05, 0) is 49.6 Å². The van der Waals surface area contributed by atoms with Crippen LogP contribution in [0.5, 0.6) is 5.75 Å². The van der Waals surface area contributed by atoms with Gasteiger partial charge in [-0.25, -0.2) is 0 Å². The van der Waals surface area contributed by atoms with E-state index in [9.17, 15) is 9.90 Å². The molecule has 1 aliphatic heterocycles. The molecule has 29 heavy (non-hydrogen) atoms. The Morgan fingerprint density at radius 1 is 1.34 bits per heavy atom. The molecule has 0 bridgehead atoms. The molecular weight excluding hydrogens is 368 g/mol. The fourth-order valence-electron chi connectivity index (χ4n) is 3.29. The third kappa shape index (κ3) is 5.65. The van der Waals surface area contributed by atoms with Crippen molar-refractivity contribution in [3.63, 3.8) is 0 Å². The molecular formula is C22H30N4O3. The van der Waals surface area contributed by atoms with E-state index in [4.69, 9.17) is 16.2 Å². The Morgan fingerprint density at radius 2 is 2.00 bits per heavy atom. The highest BCUT2D eigenvalue weighted by Crippen LogP contribution is 2.34. The summed E-state index contributed by atoms with van der Waals surface area (Å²) in [4.78, 5) is 13.3. The fraction of sp³-hybridized carbons (Fsp3) is 0.318. The number of aromatic amines is 1. The third-order valence-corrected chi connectivity index (χ3v) is 4.94. The van der Waals surface area contributed by atoms with Gasteiger partial charge in [-0.15, -0.1) is 0 Å². The first-order chi connectivity index (χ1) is 13.9. The summed E-state index contributed by atoms with van der Waals surface area (Å²) in [5, 5.41) is 12.3. The molecule has 1 aromatic carbocycles. The molecule has 1 aliphatic rings. The van der Waals surface area contributed by atoms with E-state index in [2.05, 4.69) is 23.8 Å². The first-order valence-electron chi connectivity index (χ1n) is 9.54. The number of hydrogen-bond donors (Lipinski definition) is 5. The smallest absolute Gasteiger partial charge is 0.243 e. The lowest BCUT2D eigenvalue weighted by Gasteiger charge is -2.21. The van der Waals surface area contributed by atoms with Crippen LogP contribution in [0.25, 0.3) is 11.8 Å². The van der Waals surface area contributed by atoms with E-state index < -0.39 is 0 Å². The quantitative estimate of drug-likeness (QED) is 0.506. The van der Waals surface area contributed by atoms with Crippen LogP contribution in [0.3, 0.4) is 0 Å². The zero-order chi connectivity index (χ0) is 21.4. The van der Waals surface area contributed by atoms with Crippen molar-refractivity contribution in [2.75, 3.05) is 26.0 Å². The Labute approximate surface area is 171 Å². The molecule has 2 heterocycles.